The van der Waals surface area contributed by atoms with E-state index in [1.807, 2.05) is 20.8 Å². The smallest absolute Gasteiger partial charge is 0.252 e. The first-order chi connectivity index (χ1) is 8.20. The number of carbonyl (C=O) groups is 1. The fourth-order valence-corrected chi connectivity index (χ4v) is 1.48. The molecule has 0 saturated carbocycles. The third-order valence-corrected chi connectivity index (χ3v) is 2.59. The number of benzene rings is 1. The lowest BCUT2D eigenvalue weighted by molar-refractivity contribution is -0.127. The molecular formula is C13H19ClN2O2. The van der Waals surface area contributed by atoms with E-state index in [1.54, 1.807) is 25.2 Å². The summed E-state index contributed by atoms with van der Waals surface area (Å²) in [6, 6.07) is 5.02. The molecule has 1 aromatic carbocycles. The van der Waals surface area contributed by atoms with Gasteiger partial charge in [-0.25, -0.2) is 0 Å². The Kier molecular flexibility index (Phi) is 4.59. The van der Waals surface area contributed by atoms with Crippen molar-refractivity contribution in [3.05, 3.63) is 23.2 Å². The lowest BCUT2D eigenvalue weighted by Crippen LogP contribution is -2.34. The fourth-order valence-electron chi connectivity index (χ4n) is 1.32. The van der Waals surface area contributed by atoms with Gasteiger partial charge in [-0.15, -0.1) is 0 Å². The van der Waals surface area contributed by atoms with Crippen LogP contribution in [0, 0.1) is 0 Å². The number of amides is 1. The number of rotatable bonds is 3. The van der Waals surface area contributed by atoms with E-state index in [-0.39, 0.29) is 18.1 Å². The maximum Gasteiger partial charge on any atom is 0.252 e. The van der Waals surface area contributed by atoms with Gasteiger partial charge in [0.25, 0.3) is 5.91 Å². The van der Waals surface area contributed by atoms with Crippen LogP contribution in [0.5, 0.6) is 0 Å². The second kappa shape index (κ2) is 5.59. The Morgan fingerprint density at radius 2 is 2.06 bits per heavy atom. The normalized spacial score (nSPS) is 11.4. The maximum atomic E-state index is 12.0. The highest BCUT2D eigenvalue weighted by Crippen LogP contribution is 2.26. The molecule has 100 valence electrons. The monoisotopic (exact) mass is 270 g/mol. The van der Waals surface area contributed by atoms with E-state index >= 15 is 0 Å². The molecule has 0 saturated heterocycles. The highest BCUT2D eigenvalue weighted by Gasteiger charge is 2.18. The second-order valence-electron chi connectivity index (χ2n) is 5.06. The topological polar surface area (TPSA) is 55.6 Å². The first kappa shape index (κ1) is 14.8. The molecule has 0 unspecified atom stereocenters. The largest absolute Gasteiger partial charge is 0.397 e. The van der Waals surface area contributed by atoms with Crippen LogP contribution in [0.1, 0.15) is 20.8 Å². The van der Waals surface area contributed by atoms with Crippen LogP contribution >= 0.6 is 11.6 Å². The summed E-state index contributed by atoms with van der Waals surface area (Å²) in [7, 11) is 1.65. The van der Waals surface area contributed by atoms with E-state index in [9.17, 15) is 4.79 Å². The van der Waals surface area contributed by atoms with Gasteiger partial charge in [0.2, 0.25) is 0 Å². The number of carbonyl (C=O) groups excluding carboxylic acids is 1. The zero-order chi connectivity index (χ0) is 13.9. The molecular weight excluding hydrogens is 252 g/mol. The van der Waals surface area contributed by atoms with Crippen molar-refractivity contribution in [2.45, 2.75) is 26.4 Å². The number of anilines is 2. The molecule has 0 aromatic heterocycles. The summed E-state index contributed by atoms with van der Waals surface area (Å²) in [6.45, 7) is 5.70. The zero-order valence-corrected chi connectivity index (χ0v) is 11.9. The van der Waals surface area contributed by atoms with Crippen molar-refractivity contribution in [3.63, 3.8) is 0 Å². The van der Waals surface area contributed by atoms with Crippen molar-refractivity contribution in [1.82, 2.24) is 0 Å². The molecule has 0 radical (unpaired) electrons. The molecule has 0 bridgehead atoms. The van der Waals surface area contributed by atoms with E-state index in [0.717, 1.165) is 0 Å². The van der Waals surface area contributed by atoms with Gasteiger partial charge >= 0.3 is 0 Å². The number of nitrogens with zero attached hydrogens (tertiary/aromatic N) is 1. The highest BCUT2D eigenvalue weighted by molar-refractivity contribution is 6.31. The molecule has 0 atom stereocenters. The Morgan fingerprint density at radius 1 is 1.44 bits per heavy atom. The first-order valence-corrected chi connectivity index (χ1v) is 6.04. The van der Waals surface area contributed by atoms with Crippen LogP contribution in [0.4, 0.5) is 11.4 Å². The van der Waals surface area contributed by atoms with Crippen LogP contribution < -0.4 is 10.6 Å². The molecule has 1 aromatic rings. The molecule has 5 heteroatoms. The minimum atomic E-state index is -0.351. The number of nitrogen functional groups attached to an aromatic ring is 1. The molecule has 1 amide bonds. The zero-order valence-electron chi connectivity index (χ0n) is 11.2. The van der Waals surface area contributed by atoms with Gasteiger partial charge in [0.05, 0.1) is 17.0 Å². The Balaban J connectivity index is 2.77. The predicted molar refractivity (Wildman–Crippen MR) is 75.0 cm³/mol. The number of halogens is 1. The summed E-state index contributed by atoms with van der Waals surface area (Å²) in [5, 5.41) is 0.538. The lowest BCUT2D eigenvalue weighted by atomic mass is 10.2. The van der Waals surface area contributed by atoms with Gasteiger partial charge in [-0.1, -0.05) is 11.6 Å². The SMILES string of the molecule is CN(C(=O)COC(C)(C)C)c1cc(Cl)ccc1N. The Hall–Kier alpha value is -1.26. The van der Waals surface area contributed by atoms with Crippen molar-refractivity contribution >= 4 is 28.9 Å². The molecule has 1 rings (SSSR count). The van der Waals surface area contributed by atoms with Crippen LogP contribution in [-0.2, 0) is 9.53 Å². The summed E-state index contributed by atoms with van der Waals surface area (Å²) in [5.41, 5.74) is 6.56. The Bertz CT molecular complexity index is 441. The van der Waals surface area contributed by atoms with Crippen molar-refractivity contribution in [2.24, 2.45) is 0 Å². The molecule has 0 aliphatic rings. The first-order valence-electron chi connectivity index (χ1n) is 5.66. The van der Waals surface area contributed by atoms with Gasteiger partial charge in [0.1, 0.15) is 6.61 Å². The van der Waals surface area contributed by atoms with Gasteiger partial charge < -0.3 is 15.4 Å². The quantitative estimate of drug-likeness (QED) is 0.859. The molecule has 4 nitrogen and oxygen atoms in total. The number of hydrogen-bond donors (Lipinski definition) is 1. The average molecular weight is 271 g/mol. The molecule has 0 fully saturated rings. The van der Waals surface area contributed by atoms with Crippen molar-refractivity contribution in [2.75, 3.05) is 24.3 Å². The second-order valence-corrected chi connectivity index (χ2v) is 5.49. The molecule has 0 aliphatic carbocycles. The van der Waals surface area contributed by atoms with Crippen molar-refractivity contribution in [3.8, 4) is 0 Å². The molecule has 0 spiro atoms. The summed E-state index contributed by atoms with van der Waals surface area (Å²) in [6.07, 6.45) is 0. The van der Waals surface area contributed by atoms with Gasteiger partial charge in [0, 0.05) is 12.1 Å². The predicted octanol–water partition coefficient (Wildman–Crippen LogP) is 2.70. The number of nitrogens with two attached hydrogens (primary N) is 1. The molecule has 0 heterocycles. The number of hydrogen-bond acceptors (Lipinski definition) is 3. The summed E-state index contributed by atoms with van der Waals surface area (Å²) < 4.78 is 5.44. The fraction of sp³-hybridized carbons (Fsp3) is 0.462. The van der Waals surface area contributed by atoms with Crippen LogP contribution in [0.2, 0.25) is 5.02 Å². The van der Waals surface area contributed by atoms with Gasteiger partial charge in [-0.3, -0.25) is 4.79 Å². The molecule has 2 N–H and O–H groups in total. The summed E-state index contributed by atoms with van der Waals surface area (Å²) in [5.74, 6) is -0.168. The molecule has 18 heavy (non-hydrogen) atoms. The van der Waals surface area contributed by atoms with E-state index in [4.69, 9.17) is 22.1 Å². The summed E-state index contributed by atoms with van der Waals surface area (Å²) >= 11 is 5.89. The standard InChI is InChI=1S/C13H19ClN2O2/c1-13(2,3)18-8-12(17)16(4)11-7-9(14)5-6-10(11)15/h5-7H,8,15H2,1-4H3. The third-order valence-electron chi connectivity index (χ3n) is 2.36. The Labute approximate surface area is 113 Å². The van der Waals surface area contributed by atoms with Crippen LogP contribution in [0.15, 0.2) is 18.2 Å². The minimum Gasteiger partial charge on any atom is -0.397 e. The van der Waals surface area contributed by atoms with E-state index < -0.39 is 0 Å². The van der Waals surface area contributed by atoms with Crippen LogP contribution in [0.3, 0.4) is 0 Å². The minimum absolute atomic E-state index is 0.00591. The highest BCUT2D eigenvalue weighted by atomic mass is 35.5. The van der Waals surface area contributed by atoms with Crippen LogP contribution in [0.25, 0.3) is 0 Å². The summed E-state index contributed by atoms with van der Waals surface area (Å²) in [4.78, 5) is 13.4. The van der Waals surface area contributed by atoms with E-state index in [1.165, 1.54) is 4.90 Å². The number of ether oxygens (including phenoxy) is 1. The lowest BCUT2D eigenvalue weighted by Gasteiger charge is -2.23. The number of likely N-dealkylation sites (N-methyl/N-ethyl adjacent to an activating group) is 1. The van der Waals surface area contributed by atoms with Gasteiger partial charge in [-0.2, -0.15) is 0 Å². The van der Waals surface area contributed by atoms with E-state index in [2.05, 4.69) is 0 Å². The van der Waals surface area contributed by atoms with E-state index in [0.29, 0.717) is 16.4 Å². The third kappa shape index (κ3) is 4.20. The van der Waals surface area contributed by atoms with Gasteiger partial charge in [0.15, 0.2) is 0 Å². The Morgan fingerprint density at radius 3 is 2.61 bits per heavy atom. The van der Waals surface area contributed by atoms with Crippen molar-refractivity contribution < 1.29 is 9.53 Å². The van der Waals surface area contributed by atoms with Crippen molar-refractivity contribution in [1.29, 1.82) is 0 Å². The van der Waals surface area contributed by atoms with Gasteiger partial charge in [-0.05, 0) is 39.0 Å². The molecule has 0 aliphatic heterocycles. The maximum absolute atomic E-state index is 12.0. The van der Waals surface area contributed by atoms with Crippen LogP contribution in [-0.4, -0.2) is 25.2 Å². The average Bonchev–Trinajstić information content (AvgIpc) is 2.27.